The fourth-order valence-electron chi connectivity index (χ4n) is 5.41. The number of nitrogen functional groups attached to an aromatic ring is 1. The number of nitrogens with two attached hydrogens (primary N) is 1. The van der Waals surface area contributed by atoms with Crippen LogP contribution in [0.25, 0.3) is 11.3 Å². The molecular weight excluding hydrogens is 625 g/mol. The van der Waals surface area contributed by atoms with Gasteiger partial charge in [0, 0.05) is 44.0 Å². The van der Waals surface area contributed by atoms with Gasteiger partial charge in [-0.2, -0.15) is 5.26 Å². The Morgan fingerprint density at radius 2 is 1.82 bits per heavy atom. The molecule has 5 rings (SSSR count). The molecule has 12 nitrogen and oxygen atoms in total. The topological polar surface area (TPSA) is 171 Å². The Kier molecular flexibility index (Phi) is 10.9. The number of rotatable bonds is 10. The van der Waals surface area contributed by atoms with Crippen LogP contribution in [0.15, 0.2) is 67.0 Å². The van der Waals surface area contributed by atoms with Gasteiger partial charge in [0.25, 0.3) is 5.91 Å². The van der Waals surface area contributed by atoms with Crippen LogP contribution < -0.4 is 26.6 Å². The number of benzene rings is 2. The minimum absolute atomic E-state index is 0.112. The zero-order valence-corrected chi connectivity index (χ0v) is 27.8. The lowest BCUT2D eigenvalue weighted by Crippen LogP contribution is -2.49. The number of ether oxygens (including phenoxy) is 1. The zero-order valence-electron chi connectivity index (χ0n) is 27.8. The average molecular weight is 666 g/mol. The Balaban J connectivity index is 1.21. The number of hydrogen-bond acceptors (Lipinski definition) is 10. The average Bonchev–Trinajstić information content (AvgIpc) is 3.08. The van der Waals surface area contributed by atoms with Crippen LogP contribution in [0.2, 0.25) is 0 Å². The normalized spacial score (nSPS) is 14.4. The molecule has 1 atom stereocenters. The smallest absolute Gasteiger partial charge is 0.407 e. The number of carbonyl (C=O) groups is 2. The molecule has 1 fully saturated rings. The summed E-state index contributed by atoms with van der Waals surface area (Å²) in [5.41, 5.74) is 9.50. The molecule has 49 heavy (non-hydrogen) atoms. The number of piperidine rings is 1. The van der Waals surface area contributed by atoms with Crippen molar-refractivity contribution in [3.63, 3.8) is 0 Å². The molecule has 1 saturated heterocycles. The summed E-state index contributed by atoms with van der Waals surface area (Å²) in [6.45, 7) is 7.45. The number of hydrogen-bond donors (Lipinski definition) is 4. The van der Waals surface area contributed by atoms with Gasteiger partial charge in [0.05, 0.1) is 23.0 Å². The second-order valence-corrected chi connectivity index (χ2v) is 12.8. The fraction of sp³-hybridized carbons (Fsp3) is 0.333. The SMILES string of the molecule is CC(C)(C)OC(=O)N[C@@H]1CCCN(c2nc(-c3ccc(CNc4ncc(C#N)cc4C(=O)NCCc4ccc(F)cc4)cc3)cnc2N)C1. The maximum Gasteiger partial charge on any atom is 0.407 e. The molecule has 0 aliphatic carbocycles. The maximum absolute atomic E-state index is 13.2. The number of anilines is 3. The van der Waals surface area contributed by atoms with Crippen LogP contribution >= 0.6 is 0 Å². The number of nitriles is 1. The van der Waals surface area contributed by atoms with E-state index in [2.05, 4.69) is 25.9 Å². The largest absolute Gasteiger partial charge is 0.444 e. The first kappa shape index (κ1) is 34.6. The molecule has 1 aliphatic heterocycles. The van der Waals surface area contributed by atoms with Crippen LogP contribution in [0, 0.1) is 17.1 Å². The summed E-state index contributed by atoms with van der Waals surface area (Å²) in [6.07, 6.45) is 4.79. The van der Waals surface area contributed by atoms with Gasteiger partial charge in [-0.15, -0.1) is 0 Å². The number of halogens is 1. The summed E-state index contributed by atoms with van der Waals surface area (Å²) >= 11 is 0. The van der Waals surface area contributed by atoms with Crippen molar-refractivity contribution in [2.75, 3.05) is 35.6 Å². The first-order valence-electron chi connectivity index (χ1n) is 16.1. The van der Waals surface area contributed by atoms with Crippen LogP contribution in [0.5, 0.6) is 0 Å². The summed E-state index contributed by atoms with van der Waals surface area (Å²) in [4.78, 5) is 41.0. The number of alkyl carbamates (subject to hydrolysis) is 1. The molecule has 13 heteroatoms. The third kappa shape index (κ3) is 9.63. The Morgan fingerprint density at radius 1 is 1.08 bits per heavy atom. The Morgan fingerprint density at radius 3 is 2.53 bits per heavy atom. The molecular formula is C36H40FN9O3. The molecule has 2 aromatic heterocycles. The summed E-state index contributed by atoms with van der Waals surface area (Å²) in [5, 5.41) is 18.4. The van der Waals surface area contributed by atoms with Crippen molar-refractivity contribution in [2.45, 2.75) is 58.2 Å². The number of nitrogens with zero attached hydrogens (tertiary/aromatic N) is 5. The van der Waals surface area contributed by atoms with Crippen LogP contribution in [-0.4, -0.2) is 58.2 Å². The quantitative estimate of drug-likeness (QED) is 0.176. The van der Waals surface area contributed by atoms with Crippen molar-refractivity contribution in [2.24, 2.45) is 0 Å². The Bertz CT molecular complexity index is 1820. The van der Waals surface area contributed by atoms with Crippen molar-refractivity contribution in [1.82, 2.24) is 25.6 Å². The third-order valence-electron chi connectivity index (χ3n) is 7.81. The van der Waals surface area contributed by atoms with E-state index in [1.165, 1.54) is 24.4 Å². The molecule has 3 heterocycles. The van der Waals surface area contributed by atoms with Crippen molar-refractivity contribution in [3.8, 4) is 17.3 Å². The maximum atomic E-state index is 13.2. The van der Waals surface area contributed by atoms with Gasteiger partial charge in [0.15, 0.2) is 11.6 Å². The van der Waals surface area contributed by atoms with Crippen molar-refractivity contribution in [1.29, 1.82) is 5.26 Å². The van der Waals surface area contributed by atoms with Crippen molar-refractivity contribution < 1.29 is 18.7 Å². The summed E-state index contributed by atoms with van der Waals surface area (Å²) in [7, 11) is 0. The van der Waals surface area contributed by atoms with Gasteiger partial charge in [0.1, 0.15) is 23.3 Å². The lowest BCUT2D eigenvalue weighted by atomic mass is 10.1. The number of pyridine rings is 1. The van der Waals surface area contributed by atoms with E-state index in [1.54, 1.807) is 18.3 Å². The molecule has 2 amide bonds. The molecule has 0 bridgehead atoms. The molecule has 254 valence electrons. The van der Waals surface area contributed by atoms with E-state index in [-0.39, 0.29) is 28.9 Å². The molecule has 2 aromatic carbocycles. The van der Waals surface area contributed by atoms with Crippen LogP contribution in [0.1, 0.15) is 60.7 Å². The Hall–Kier alpha value is -5.77. The van der Waals surface area contributed by atoms with Crippen LogP contribution in [0.4, 0.5) is 26.6 Å². The van der Waals surface area contributed by atoms with E-state index in [4.69, 9.17) is 15.5 Å². The number of amides is 2. The number of carbonyl (C=O) groups excluding carboxylic acids is 2. The molecule has 0 radical (unpaired) electrons. The summed E-state index contributed by atoms with van der Waals surface area (Å²) < 4.78 is 18.6. The summed E-state index contributed by atoms with van der Waals surface area (Å²) in [6, 6.07) is 17.3. The lowest BCUT2D eigenvalue weighted by molar-refractivity contribution is 0.0499. The summed E-state index contributed by atoms with van der Waals surface area (Å²) in [5.74, 6) is 0.534. The zero-order chi connectivity index (χ0) is 35.0. The van der Waals surface area contributed by atoms with Gasteiger partial charge in [-0.25, -0.2) is 24.1 Å². The minimum atomic E-state index is -0.581. The second kappa shape index (κ2) is 15.4. The predicted octanol–water partition coefficient (Wildman–Crippen LogP) is 5.21. The molecule has 1 aliphatic rings. The van der Waals surface area contributed by atoms with Crippen molar-refractivity contribution in [3.05, 3.63) is 95.1 Å². The van der Waals surface area contributed by atoms with E-state index in [0.29, 0.717) is 49.2 Å². The lowest BCUT2D eigenvalue weighted by Gasteiger charge is -2.34. The minimum Gasteiger partial charge on any atom is -0.444 e. The molecule has 5 N–H and O–H groups in total. The van der Waals surface area contributed by atoms with Crippen LogP contribution in [0.3, 0.4) is 0 Å². The van der Waals surface area contributed by atoms with Gasteiger partial charge in [-0.05, 0) is 69.4 Å². The number of aromatic nitrogens is 3. The van der Waals surface area contributed by atoms with Gasteiger partial charge in [-0.3, -0.25) is 4.79 Å². The van der Waals surface area contributed by atoms with Gasteiger partial charge < -0.3 is 31.3 Å². The van der Waals surface area contributed by atoms with E-state index >= 15 is 0 Å². The predicted molar refractivity (Wildman–Crippen MR) is 185 cm³/mol. The highest BCUT2D eigenvalue weighted by molar-refractivity contribution is 5.99. The van der Waals surface area contributed by atoms with Gasteiger partial charge >= 0.3 is 6.09 Å². The fourth-order valence-corrected chi connectivity index (χ4v) is 5.41. The van der Waals surface area contributed by atoms with E-state index in [0.717, 1.165) is 36.1 Å². The molecule has 0 unspecified atom stereocenters. The monoisotopic (exact) mass is 665 g/mol. The van der Waals surface area contributed by atoms with Gasteiger partial charge in [0.2, 0.25) is 0 Å². The second-order valence-electron chi connectivity index (χ2n) is 12.8. The van der Waals surface area contributed by atoms with E-state index < -0.39 is 11.7 Å². The number of nitrogens with one attached hydrogen (secondary N) is 3. The first-order chi connectivity index (χ1) is 23.5. The standard InChI is InChI=1S/C36H40FN9O3/c1-36(2,3)49-35(48)44-28-5-4-16-46(22-28)33-31(39)41-21-30(45-33)26-10-6-24(7-11-26)19-42-32-29(17-25(18-38)20-43-32)34(47)40-15-14-23-8-12-27(37)13-9-23/h6-13,17,20-21,28H,4-5,14-16,19,22H2,1-3H3,(H2,39,41)(H,40,47)(H,42,43)(H,44,48)/t28-/m1/s1. The highest BCUT2D eigenvalue weighted by atomic mass is 19.1. The Labute approximate surface area is 284 Å². The molecule has 0 saturated carbocycles. The van der Waals surface area contributed by atoms with Crippen LogP contribution in [-0.2, 0) is 17.7 Å². The van der Waals surface area contributed by atoms with E-state index in [1.807, 2.05) is 56.0 Å². The third-order valence-corrected chi connectivity index (χ3v) is 7.81. The van der Waals surface area contributed by atoms with E-state index in [9.17, 15) is 19.2 Å². The molecule has 4 aromatic rings. The van der Waals surface area contributed by atoms with Crippen molar-refractivity contribution >= 4 is 29.5 Å². The first-order valence-corrected chi connectivity index (χ1v) is 16.1. The molecule has 0 spiro atoms. The highest BCUT2D eigenvalue weighted by Crippen LogP contribution is 2.27. The van der Waals surface area contributed by atoms with Gasteiger partial charge in [-0.1, -0.05) is 36.4 Å². The highest BCUT2D eigenvalue weighted by Gasteiger charge is 2.26.